The number of carbonyl (C=O) groups is 2. The average Bonchev–Trinajstić information content (AvgIpc) is 3.73. The molecule has 8 rings (SSSR count). The van der Waals surface area contributed by atoms with E-state index >= 15 is 0 Å². The largest absolute Gasteiger partial charge is 0.361 e. The number of aromatic amines is 2. The summed E-state index contributed by atoms with van der Waals surface area (Å²) in [6.07, 6.45) is 10.9. The molecule has 4 amide bonds. The summed E-state index contributed by atoms with van der Waals surface area (Å²) < 4.78 is 0. The summed E-state index contributed by atoms with van der Waals surface area (Å²) in [5.74, 6) is 0. The summed E-state index contributed by atoms with van der Waals surface area (Å²) in [6, 6.07) is 13.8. The number of benzene rings is 2. The van der Waals surface area contributed by atoms with E-state index in [1.54, 1.807) is 0 Å². The molecule has 4 aliphatic rings. The van der Waals surface area contributed by atoms with Gasteiger partial charge in [0.25, 0.3) is 0 Å². The molecule has 10 heteroatoms. The molecular weight excluding hydrogens is 624 g/mol. The molecule has 0 radical (unpaired) electrons. The molecule has 10 nitrogen and oxygen atoms in total. The van der Waals surface area contributed by atoms with E-state index in [1.165, 1.54) is 55.2 Å². The van der Waals surface area contributed by atoms with E-state index in [2.05, 4.69) is 105 Å². The summed E-state index contributed by atoms with van der Waals surface area (Å²) in [6.45, 7) is 12.7. The van der Waals surface area contributed by atoms with Gasteiger partial charge in [-0.2, -0.15) is 0 Å². The Balaban J connectivity index is 0.000000157. The summed E-state index contributed by atoms with van der Waals surface area (Å²) in [5.41, 5.74) is 10.5. The van der Waals surface area contributed by atoms with Crippen LogP contribution in [-0.4, -0.2) is 119 Å². The van der Waals surface area contributed by atoms with Crippen molar-refractivity contribution in [1.29, 1.82) is 0 Å². The third-order valence-electron chi connectivity index (χ3n) is 11.3. The predicted molar refractivity (Wildman–Crippen MR) is 203 cm³/mol. The van der Waals surface area contributed by atoms with E-state index in [0.717, 1.165) is 52.1 Å². The fourth-order valence-electron chi connectivity index (χ4n) is 8.61. The number of fused-ring (bicyclic) bond motifs is 4. The molecule has 0 saturated heterocycles. The Bertz CT molecular complexity index is 1810. The fourth-order valence-corrected chi connectivity index (χ4v) is 8.61. The van der Waals surface area contributed by atoms with Crippen LogP contribution in [0.3, 0.4) is 0 Å². The maximum Gasteiger partial charge on any atom is 0.317 e. The molecule has 4 heterocycles. The number of nitrogens with one attached hydrogen (secondary N) is 4. The van der Waals surface area contributed by atoms with E-state index in [1.807, 2.05) is 37.5 Å². The van der Waals surface area contributed by atoms with E-state index in [9.17, 15) is 9.59 Å². The molecule has 0 bridgehead atoms. The van der Waals surface area contributed by atoms with E-state index in [0.29, 0.717) is 12.1 Å². The van der Waals surface area contributed by atoms with Gasteiger partial charge in [0.15, 0.2) is 0 Å². The van der Waals surface area contributed by atoms with Gasteiger partial charge in [-0.25, -0.2) is 9.59 Å². The molecule has 0 fully saturated rings. The third kappa shape index (κ3) is 6.09. The molecular formula is C40H52N8O2. The highest BCUT2D eigenvalue weighted by Gasteiger charge is 2.35. The second-order valence-corrected chi connectivity index (χ2v) is 14.1. The van der Waals surface area contributed by atoms with Crippen molar-refractivity contribution < 1.29 is 9.59 Å². The number of aromatic nitrogens is 2. The normalized spacial score (nSPS) is 22.4. The van der Waals surface area contributed by atoms with Gasteiger partial charge in [-0.05, 0) is 100 Å². The lowest BCUT2D eigenvalue weighted by Crippen LogP contribution is -2.52. The fraction of sp³-hybridized carbons (Fsp3) is 0.450. The first-order chi connectivity index (χ1) is 24.2. The Kier molecular flexibility index (Phi) is 9.50. The molecule has 0 saturated carbocycles. The summed E-state index contributed by atoms with van der Waals surface area (Å²) >= 11 is 0. The van der Waals surface area contributed by atoms with Crippen LogP contribution in [-0.2, 0) is 12.8 Å². The molecule has 2 aromatic carbocycles. The Morgan fingerprint density at radius 2 is 1.08 bits per heavy atom. The SMILES string of the molecule is CCN(CC)C(=O)NC1C=C2c3cccc4[nH]cc(c34)CC2N(C)C1.CCN(CC)C(=O)N[C@H]1C=C2c3cccc4[nH]cc(c34)C[C@H]2N(C)C1. The van der Waals surface area contributed by atoms with Crippen molar-refractivity contribution in [1.82, 2.24) is 40.2 Å². The lowest BCUT2D eigenvalue weighted by Gasteiger charge is -2.40. The van der Waals surface area contributed by atoms with Crippen LogP contribution >= 0.6 is 0 Å². The van der Waals surface area contributed by atoms with Crippen LogP contribution in [0.25, 0.3) is 33.0 Å². The second kappa shape index (κ2) is 14.0. The van der Waals surface area contributed by atoms with Crippen LogP contribution in [0.2, 0.25) is 0 Å². The van der Waals surface area contributed by atoms with Crippen LogP contribution in [0.4, 0.5) is 9.59 Å². The molecule has 4 N–H and O–H groups in total. The average molecular weight is 677 g/mol. The van der Waals surface area contributed by atoms with Gasteiger partial charge >= 0.3 is 12.1 Å². The van der Waals surface area contributed by atoms with E-state index in [-0.39, 0.29) is 24.1 Å². The number of amides is 4. The van der Waals surface area contributed by atoms with Gasteiger partial charge in [-0.3, -0.25) is 9.80 Å². The highest BCUT2D eigenvalue weighted by molar-refractivity contribution is 5.99. The zero-order valence-corrected chi connectivity index (χ0v) is 30.3. The number of likely N-dealkylation sites (N-methyl/N-ethyl adjacent to an activating group) is 2. The van der Waals surface area contributed by atoms with Gasteiger partial charge in [-0.15, -0.1) is 0 Å². The topological polar surface area (TPSA) is 103 Å². The smallest absolute Gasteiger partial charge is 0.317 e. The molecule has 4 atom stereocenters. The predicted octanol–water partition coefficient (Wildman–Crippen LogP) is 5.68. The standard InChI is InChI=1S/2C20H26N4O/c2*1-4-24(5-2)20(25)22-14-10-16-15-7-6-8-17-19(15)13(11-21-17)9-18(16)23(3)12-14/h2*6-8,10-11,14,18,21H,4-5,9,12H2,1-3H3,(H,22,25)/t14-,18+;/m0./s1. The number of hydrogen-bond donors (Lipinski definition) is 4. The molecule has 2 aliphatic carbocycles. The molecule has 50 heavy (non-hydrogen) atoms. The molecule has 2 aromatic heterocycles. The molecule has 4 aromatic rings. The summed E-state index contributed by atoms with van der Waals surface area (Å²) in [7, 11) is 4.32. The van der Waals surface area contributed by atoms with Crippen molar-refractivity contribution in [3.05, 3.63) is 83.2 Å². The van der Waals surface area contributed by atoms with E-state index < -0.39 is 0 Å². The molecule has 264 valence electrons. The van der Waals surface area contributed by atoms with Crippen molar-refractivity contribution in [2.24, 2.45) is 0 Å². The van der Waals surface area contributed by atoms with Crippen molar-refractivity contribution in [2.75, 3.05) is 53.4 Å². The number of H-pyrrole nitrogens is 2. The Morgan fingerprint density at radius 1 is 0.680 bits per heavy atom. The van der Waals surface area contributed by atoms with E-state index in [4.69, 9.17) is 0 Å². The first-order valence-electron chi connectivity index (χ1n) is 18.4. The van der Waals surface area contributed by atoms with Gasteiger partial charge in [0, 0.05) is 85.6 Å². The Hall–Kier alpha value is -4.54. The van der Waals surface area contributed by atoms with Gasteiger partial charge in [0.1, 0.15) is 0 Å². The first kappa shape index (κ1) is 33.9. The third-order valence-corrected chi connectivity index (χ3v) is 11.3. The number of rotatable bonds is 6. The zero-order chi connectivity index (χ0) is 35.1. The Labute approximate surface area is 295 Å². The summed E-state index contributed by atoms with van der Waals surface area (Å²) in [5, 5.41) is 9.07. The van der Waals surface area contributed by atoms with Crippen LogP contribution in [0.5, 0.6) is 0 Å². The Morgan fingerprint density at radius 3 is 1.46 bits per heavy atom. The second-order valence-electron chi connectivity index (χ2n) is 14.1. The zero-order valence-electron chi connectivity index (χ0n) is 30.3. The number of carbonyl (C=O) groups excluding carboxylic acids is 2. The minimum Gasteiger partial charge on any atom is -0.361 e. The van der Waals surface area contributed by atoms with Gasteiger partial charge < -0.3 is 30.4 Å². The highest BCUT2D eigenvalue weighted by atomic mass is 16.2. The maximum atomic E-state index is 12.4. The minimum absolute atomic E-state index is 0.0232. The lowest BCUT2D eigenvalue weighted by molar-refractivity contribution is 0.192. The van der Waals surface area contributed by atoms with Gasteiger partial charge in [-0.1, -0.05) is 36.4 Å². The van der Waals surface area contributed by atoms with Crippen molar-refractivity contribution >= 4 is 45.0 Å². The quantitative estimate of drug-likeness (QED) is 0.211. The first-order valence-corrected chi connectivity index (χ1v) is 18.4. The maximum absolute atomic E-state index is 12.4. The van der Waals surface area contributed by atoms with Crippen molar-refractivity contribution in [3.63, 3.8) is 0 Å². The highest BCUT2D eigenvalue weighted by Crippen LogP contribution is 2.41. The van der Waals surface area contributed by atoms with Gasteiger partial charge in [0.05, 0.1) is 12.1 Å². The lowest BCUT2D eigenvalue weighted by atomic mass is 9.81. The van der Waals surface area contributed by atoms with Crippen molar-refractivity contribution in [2.45, 2.75) is 64.7 Å². The van der Waals surface area contributed by atoms with Gasteiger partial charge in [0.2, 0.25) is 0 Å². The van der Waals surface area contributed by atoms with Crippen LogP contribution < -0.4 is 10.6 Å². The van der Waals surface area contributed by atoms with Crippen molar-refractivity contribution in [3.8, 4) is 0 Å². The molecule has 0 spiro atoms. The van der Waals surface area contributed by atoms with Crippen LogP contribution in [0.1, 0.15) is 49.9 Å². The number of nitrogens with zero attached hydrogens (tertiary/aromatic N) is 4. The monoisotopic (exact) mass is 676 g/mol. The molecule has 2 aliphatic heterocycles. The number of hydrogen-bond acceptors (Lipinski definition) is 4. The summed E-state index contributed by atoms with van der Waals surface area (Å²) in [4.78, 5) is 40.1. The van der Waals surface area contributed by atoms with Crippen LogP contribution in [0.15, 0.2) is 60.9 Å². The minimum atomic E-state index is 0.0232. The molecule has 2 unspecified atom stereocenters. The number of urea groups is 2. The van der Waals surface area contributed by atoms with Crippen LogP contribution in [0, 0.1) is 0 Å².